The van der Waals surface area contributed by atoms with Gasteiger partial charge in [0.25, 0.3) is 0 Å². The van der Waals surface area contributed by atoms with E-state index in [0.717, 1.165) is 69.1 Å². The van der Waals surface area contributed by atoms with E-state index in [1.54, 1.807) is 11.9 Å². The molecule has 0 radical (unpaired) electrons. The van der Waals surface area contributed by atoms with Gasteiger partial charge in [0.1, 0.15) is 24.5 Å². The number of ether oxygens (including phenoxy) is 2. The maximum atomic E-state index is 13.4. The van der Waals surface area contributed by atoms with Crippen LogP contribution in [0.15, 0.2) is 35.9 Å². The van der Waals surface area contributed by atoms with E-state index in [1.807, 2.05) is 44.2 Å². The van der Waals surface area contributed by atoms with Crippen molar-refractivity contribution in [3.63, 3.8) is 0 Å². The van der Waals surface area contributed by atoms with Crippen molar-refractivity contribution in [2.45, 2.75) is 110 Å². The van der Waals surface area contributed by atoms with Gasteiger partial charge in [0.05, 0.1) is 0 Å². The van der Waals surface area contributed by atoms with E-state index in [4.69, 9.17) is 9.47 Å². The van der Waals surface area contributed by atoms with Gasteiger partial charge in [-0.2, -0.15) is 0 Å². The Bertz CT molecular complexity index is 797. The third-order valence-corrected chi connectivity index (χ3v) is 6.96. The van der Waals surface area contributed by atoms with Gasteiger partial charge in [-0.1, -0.05) is 57.2 Å². The van der Waals surface area contributed by atoms with Crippen LogP contribution in [0.3, 0.4) is 0 Å². The average molecular weight is 486 g/mol. The summed E-state index contributed by atoms with van der Waals surface area (Å²) in [5, 5.41) is 0. The SMILES string of the molecule is CCCCCC1CC[C@H](C)CCCCC(=O)N(C)C(Cc2ccc(OCC=C(C)C)cc2)C(=O)O1. The fourth-order valence-electron chi connectivity index (χ4n) is 4.49. The van der Waals surface area contributed by atoms with Gasteiger partial charge in [0.2, 0.25) is 5.91 Å². The van der Waals surface area contributed by atoms with E-state index in [1.165, 1.54) is 5.57 Å². The van der Waals surface area contributed by atoms with E-state index < -0.39 is 6.04 Å². The summed E-state index contributed by atoms with van der Waals surface area (Å²) < 4.78 is 11.9. The predicted molar refractivity (Wildman–Crippen MR) is 143 cm³/mol. The molecule has 1 amide bonds. The molecule has 0 aromatic heterocycles. The molecule has 0 bridgehead atoms. The highest BCUT2D eigenvalue weighted by Crippen LogP contribution is 2.23. The Labute approximate surface area is 213 Å². The molecular weight excluding hydrogens is 438 g/mol. The van der Waals surface area contributed by atoms with Crippen LogP contribution >= 0.6 is 0 Å². The first-order chi connectivity index (χ1) is 16.8. The number of carbonyl (C=O) groups is 2. The van der Waals surface area contributed by atoms with Crippen molar-refractivity contribution < 1.29 is 19.1 Å². The minimum Gasteiger partial charge on any atom is -0.490 e. The smallest absolute Gasteiger partial charge is 0.329 e. The average Bonchev–Trinajstić information content (AvgIpc) is 2.83. The molecule has 1 aliphatic rings. The second kappa shape index (κ2) is 15.6. The highest BCUT2D eigenvalue weighted by molar-refractivity contribution is 5.84. The first-order valence-electron chi connectivity index (χ1n) is 13.6. The topological polar surface area (TPSA) is 55.8 Å². The molecule has 1 fully saturated rings. The minimum absolute atomic E-state index is 0.0167. The molecule has 1 aromatic carbocycles. The molecule has 1 aromatic rings. The molecule has 1 aliphatic heterocycles. The number of cyclic esters (lactones) is 1. The Morgan fingerprint density at radius 1 is 1.09 bits per heavy atom. The lowest BCUT2D eigenvalue weighted by molar-refractivity contribution is -0.159. The van der Waals surface area contributed by atoms with E-state index in [0.29, 0.717) is 25.4 Å². The number of allylic oxidation sites excluding steroid dienone is 1. The van der Waals surface area contributed by atoms with Crippen molar-refractivity contribution >= 4 is 11.9 Å². The minimum atomic E-state index is -0.619. The molecule has 0 aliphatic carbocycles. The molecule has 1 saturated heterocycles. The largest absolute Gasteiger partial charge is 0.490 e. The van der Waals surface area contributed by atoms with Crippen molar-refractivity contribution in [2.75, 3.05) is 13.7 Å². The second-order valence-electron chi connectivity index (χ2n) is 10.4. The Morgan fingerprint density at radius 2 is 1.83 bits per heavy atom. The zero-order valence-corrected chi connectivity index (χ0v) is 22.7. The summed E-state index contributed by atoms with van der Waals surface area (Å²) >= 11 is 0. The first kappa shape index (κ1) is 28.9. The zero-order chi connectivity index (χ0) is 25.6. The number of nitrogens with zero attached hydrogens (tertiary/aromatic N) is 1. The number of hydrogen-bond donors (Lipinski definition) is 0. The second-order valence-corrected chi connectivity index (χ2v) is 10.4. The molecule has 5 heteroatoms. The highest BCUT2D eigenvalue weighted by Gasteiger charge is 2.30. The van der Waals surface area contributed by atoms with Crippen molar-refractivity contribution in [1.82, 2.24) is 4.90 Å². The molecule has 5 nitrogen and oxygen atoms in total. The number of unbranched alkanes of at least 4 members (excludes halogenated alkanes) is 2. The number of benzene rings is 1. The number of carbonyl (C=O) groups excluding carboxylic acids is 2. The molecule has 2 unspecified atom stereocenters. The van der Waals surface area contributed by atoms with Crippen LogP contribution in [0.2, 0.25) is 0 Å². The third-order valence-electron chi connectivity index (χ3n) is 6.96. The summed E-state index contributed by atoms with van der Waals surface area (Å²) in [6.45, 7) is 9.08. The third kappa shape index (κ3) is 10.9. The fraction of sp³-hybridized carbons (Fsp3) is 0.667. The molecule has 1 heterocycles. The normalized spacial score (nSPS) is 22.4. The van der Waals surface area contributed by atoms with E-state index in [9.17, 15) is 9.59 Å². The lowest BCUT2D eigenvalue weighted by Gasteiger charge is -2.29. The van der Waals surface area contributed by atoms with E-state index in [-0.39, 0.29) is 18.0 Å². The van der Waals surface area contributed by atoms with Crippen molar-refractivity contribution in [3.8, 4) is 5.75 Å². The summed E-state index contributed by atoms with van der Waals surface area (Å²) in [6, 6.07) is 7.19. The Balaban J connectivity index is 2.16. The molecule has 3 atom stereocenters. The van der Waals surface area contributed by atoms with Gasteiger partial charge in [0, 0.05) is 19.9 Å². The summed E-state index contributed by atoms with van der Waals surface area (Å²) in [4.78, 5) is 28.0. The van der Waals surface area contributed by atoms with Crippen molar-refractivity contribution in [2.24, 2.45) is 5.92 Å². The van der Waals surface area contributed by atoms with E-state index in [2.05, 4.69) is 13.8 Å². The van der Waals surface area contributed by atoms with Crippen LogP contribution in [-0.4, -0.2) is 42.6 Å². The summed E-state index contributed by atoms with van der Waals surface area (Å²) in [7, 11) is 1.75. The quantitative estimate of drug-likeness (QED) is 0.217. The van der Waals surface area contributed by atoms with Gasteiger partial charge in [0.15, 0.2) is 0 Å². The van der Waals surface area contributed by atoms with Gasteiger partial charge in [-0.25, -0.2) is 4.79 Å². The molecule has 196 valence electrons. The van der Waals surface area contributed by atoms with Gasteiger partial charge < -0.3 is 14.4 Å². The lowest BCUT2D eigenvalue weighted by atomic mass is 9.95. The summed E-state index contributed by atoms with van der Waals surface area (Å²) in [6.07, 6.45) is 12.1. The van der Waals surface area contributed by atoms with Crippen LogP contribution in [0, 0.1) is 5.92 Å². The van der Waals surface area contributed by atoms with Gasteiger partial charge in [-0.15, -0.1) is 0 Å². The van der Waals surface area contributed by atoms with Crippen LogP contribution in [0.25, 0.3) is 0 Å². The zero-order valence-electron chi connectivity index (χ0n) is 22.7. The Hall–Kier alpha value is -2.30. The number of hydrogen-bond acceptors (Lipinski definition) is 4. The van der Waals surface area contributed by atoms with Crippen LogP contribution < -0.4 is 4.74 Å². The molecule has 35 heavy (non-hydrogen) atoms. The highest BCUT2D eigenvalue weighted by atomic mass is 16.5. The standard InChI is InChI=1S/C30H47NO4/c1-6-7-8-12-27-17-14-24(4)11-9-10-13-29(32)31(5)28(30(33)35-27)22-25-15-18-26(19-16-25)34-21-20-23(2)3/h15-16,18-20,24,27-28H,6-14,17,21-22H2,1-5H3/t24-,27?,28?/m1/s1. The van der Waals surface area contributed by atoms with Crippen LogP contribution in [0.4, 0.5) is 0 Å². The summed E-state index contributed by atoms with van der Waals surface area (Å²) in [5.41, 5.74) is 2.20. The molecule has 2 rings (SSSR count). The van der Waals surface area contributed by atoms with Gasteiger partial charge >= 0.3 is 5.97 Å². The predicted octanol–water partition coefficient (Wildman–Crippen LogP) is 6.88. The molecule has 0 saturated carbocycles. The number of likely N-dealkylation sites (N-methyl/N-ethyl adjacent to an activating group) is 1. The number of amides is 1. The Morgan fingerprint density at radius 3 is 2.51 bits per heavy atom. The van der Waals surface area contributed by atoms with Crippen molar-refractivity contribution in [1.29, 1.82) is 0 Å². The van der Waals surface area contributed by atoms with Crippen LogP contribution in [0.1, 0.15) is 97.5 Å². The van der Waals surface area contributed by atoms with E-state index >= 15 is 0 Å². The number of esters is 1. The molecule has 0 N–H and O–H groups in total. The maximum Gasteiger partial charge on any atom is 0.329 e. The van der Waals surface area contributed by atoms with Crippen LogP contribution in [0.5, 0.6) is 5.75 Å². The summed E-state index contributed by atoms with van der Waals surface area (Å²) in [5.74, 6) is 1.11. The maximum absolute atomic E-state index is 13.4. The monoisotopic (exact) mass is 485 g/mol. The van der Waals surface area contributed by atoms with Crippen molar-refractivity contribution in [3.05, 3.63) is 41.5 Å². The lowest BCUT2D eigenvalue weighted by Crippen LogP contribution is -2.45. The fourth-order valence-corrected chi connectivity index (χ4v) is 4.49. The van der Waals surface area contributed by atoms with Gasteiger partial charge in [-0.05, 0) is 75.6 Å². The molecule has 0 spiro atoms. The number of rotatable bonds is 9. The molecular formula is C30H47NO4. The van der Waals surface area contributed by atoms with Crippen LogP contribution in [-0.2, 0) is 20.7 Å². The Kier molecular flexibility index (Phi) is 12.9. The van der Waals surface area contributed by atoms with Gasteiger partial charge in [-0.3, -0.25) is 4.79 Å². The first-order valence-corrected chi connectivity index (χ1v) is 13.6.